The summed E-state index contributed by atoms with van der Waals surface area (Å²) in [5, 5.41) is 0. The zero-order valence-electron chi connectivity index (χ0n) is 8.63. The lowest BCUT2D eigenvalue weighted by Crippen LogP contribution is -2.37. The van der Waals surface area contributed by atoms with E-state index in [2.05, 4.69) is 31.8 Å². The third kappa shape index (κ3) is 1.55. The van der Waals surface area contributed by atoms with Gasteiger partial charge in [0.2, 0.25) is 0 Å². The minimum absolute atomic E-state index is 0.267. The molecule has 0 spiro atoms. The normalized spacial score (nSPS) is 28.1. The van der Waals surface area contributed by atoms with E-state index in [1.54, 1.807) is 0 Å². The Morgan fingerprint density at radius 3 is 2.92 bits per heavy atom. The largest absolute Gasteiger partial charge is 0.376 e. The van der Waals surface area contributed by atoms with Crippen molar-refractivity contribution in [2.24, 2.45) is 16.3 Å². The van der Waals surface area contributed by atoms with E-state index in [9.17, 15) is 0 Å². The van der Waals surface area contributed by atoms with Crippen molar-refractivity contribution < 1.29 is 4.74 Å². The summed E-state index contributed by atoms with van der Waals surface area (Å²) in [4.78, 5) is 4.55. The molecule has 0 saturated carbocycles. The summed E-state index contributed by atoms with van der Waals surface area (Å²) in [5.41, 5.74) is 2.90. The van der Waals surface area contributed by atoms with Crippen LogP contribution in [-0.4, -0.2) is 25.5 Å². The minimum atomic E-state index is 0.267. The van der Waals surface area contributed by atoms with Crippen molar-refractivity contribution in [2.45, 2.75) is 20.8 Å². The predicted molar refractivity (Wildman–Crippen MR) is 54.1 cm³/mol. The Morgan fingerprint density at radius 2 is 2.23 bits per heavy atom. The van der Waals surface area contributed by atoms with Crippen LogP contribution in [-0.2, 0) is 4.74 Å². The van der Waals surface area contributed by atoms with Gasteiger partial charge in [-0.05, 0) is 11.0 Å². The highest BCUT2D eigenvalue weighted by atomic mass is 16.5. The standard InChI is InChI=1S/C11H17NO/c1-11(2,3)9-7-13-6-8-4-5-12-10(8)9/h4,9H,5-7H2,1-3H3. The van der Waals surface area contributed by atoms with Gasteiger partial charge in [0.25, 0.3) is 0 Å². The van der Waals surface area contributed by atoms with Gasteiger partial charge in [-0.1, -0.05) is 26.8 Å². The van der Waals surface area contributed by atoms with Crippen molar-refractivity contribution in [3.8, 4) is 0 Å². The molecule has 0 radical (unpaired) electrons. The van der Waals surface area contributed by atoms with Crippen molar-refractivity contribution >= 4 is 5.71 Å². The van der Waals surface area contributed by atoms with Crippen LogP contribution in [0.3, 0.4) is 0 Å². The van der Waals surface area contributed by atoms with E-state index >= 15 is 0 Å². The van der Waals surface area contributed by atoms with Crippen LogP contribution in [0.15, 0.2) is 16.6 Å². The molecule has 0 bridgehead atoms. The zero-order valence-corrected chi connectivity index (χ0v) is 8.63. The van der Waals surface area contributed by atoms with Crippen molar-refractivity contribution in [1.29, 1.82) is 0 Å². The molecule has 2 aliphatic heterocycles. The van der Waals surface area contributed by atoms with E-state index in [1.165, 1.54) is 11.3 Å². The Balaban J connectivity index is 2.25. The van der Waals surface area contributed by atoms with E-state index in [4.69, 9.17) is 4.74 Å². The Kier molecular flexibility index (Phi) is 2.03. The Morgan fingerprint density at radius 1 is 1.46 bits per heavy atom. The first-order valence-corrected chi connectivity index (χ1v) is 4.90. The highest BCUT2D eigenvalue weighted by Gasteiger charge is 2.35. The SMILES string of the molecule is CC(C)(C)C1COCC2=CCN=C21. The first kappa shape index (κ1) is 8.95. The maximum Gasteiger partial charge on any atom is 0.0732 e. The fourth-order valence-electron chi connectivity index (χ4n) is 1.95. The first-order valence-electron chi connectivity index (χ1n) is 4.90. The molecule has 2 aliphatic rings. The summed E-state index contributed by atoms with van der Waals surface area (Å²) in [5.74, 6) is 0.481. The number of aliphatic imine (C=N–C) groups is 1. The molecule has 2 heterocycles. The van der Waals surface area contributed by atoms with Crippen LogP contribution < -0.4 is 0 Å². The fourth-order valence-corrected chi connectivity index (χ4v) is 1.95. The second-order valence-electron chi connectivity index (χ2n) is 4.89. The number of fused-ring (bicyclic) bond motifs is 1. The number of hydrogen-bond acceptors (Lipinski definition) is 2. The van der Waals surface area contributed by atoms with Crippen LogP contribution in [0.4, 0.5) is 0 Å². The quantitative estimate of drug-likeness (QED) is 0.557. The van der Waals surface area contributed by atoms with Crippen LogP contribution >= 0.6 is 0 Å². The molecule has 2 rings (SSSR count). The maximum atomic E-state index is 5.57. The van der Waals surface area contributed by atoms with Gasteiger partial charge in [-0.3, -0.25) is 4.99 Å². The van der Waals surface area contributed by atoms with Crippen molar-refractivity contribution in [3.05, 3.63) is 11.6 Å². The summed E-state index contributed by atoms with van der Waals surface area (Å²) >= 11 is 0. The van der Waals surface area contributed by atoms with Gasteiger partial charge in [0, 0.05) is 11.6 Å². The second kappa shape index (κ2) is 2.95. The molecule has 1 saturated heterocycles. The smallest absolute Gasteiger partial charge is 0.0732 e. The molecule has 0 aliphatic carbocycles. The number of hydrogen-bond donors (Lipinski definition) is 0. The number of ether oxygens (including phenoxy) is 1. The average molecular weight is 179 g/mol. The lowest BCUT2D eigenvalue weighted by molar-refractivity contribution is 0.0879. The summed E-state index contributed by atoms with van der Waals surface area (Å²) in [6, 6.07) is 0. The van der Waals surface area contributed by atoms with Crippen molar-refractivity contribution in [1.82, 2.24) is 0 Å². The molecule has 2 nitrogen and oxygen atoms in total. The first-order chi connectivity index (χ1) is 6.09. The molecule has 2 heteroatoms. The van der Waals surface area contributed by atoms with Crippen molar-refractivity contribution in [2.75, 3.05) is 19.8 Å². The lowest BCUT2D eigenvalue weighted by atomic mass is 9.75. The lowest BCUT2D eigenvalue weighted by Gasteiger charge is -2.35. The van der Waals surface area contributed by atoms with Crippen LogP contribution in [0.2, 0.25) is 0 Å². The molecular weight excluding hydrogens is 162 g/mol. The number of rotatable bonds is 0. The van der Waals surface area contributed by atoms with Gasteiger partial charge in [-0.25, -0.2) is 0 Å². The van der Waals surface area contributed by atoms with Crippen molar-refractivity contribution in [3.63, 3.8) is 0 Å². The molecule has 1 unspecified atom stereocenters. The third-order valence-electron chi connectivity index (χ3n) is 2.85. The van der Waals surface area contributed by atoms with Crippen LogP contribution in [0.5, 0.6) is 0 Å². The van der Waals surface area contributed by atoms with Crippen LogP contribution in [0.25, 0.3) is 0 Å². The molecule has 13 heavy (non-hydrogen) atoms. The number of nitrogens with zero attached hydrogens (tertiary/aromatic N) is 1. The Bertz CT molecular complexity index is 270. The van der Waals surface area contributed by atoms with Gasteiger partial charge in [0.1, 0.15) is 0 Å². The topological polar surface area (TPSA) is 21.6 Å². The van der Waals surface area contributed by atoms with Gasteiger partial charge in [0.05, 0.1) is 19.8 Å². The summed E-state index contributed by atoms with van der Waals surface area (Å²) < 4.78 is 5.57. The predicted octanol–water partition coefficient (Wildman–Crippen LogP) is 2.06. The third-order valence-corrected chi connectivity index (χ3v) is 2.85. The molecule has 0 amide bonds. The van der Waals surface area contributed by atoms with E-state index in [1.807, 2.05) is 0 Å². The molecular formula is C11H17NO. The van der Waals surface area contributed by atoms with Gasteiger partial charge < -0.3 is 4.74 Å². The van der Waals surface area contributed by atoms with Gasteiger partial charge in [0.15, 0.2) is 0 Å². The summed E-state index contributed by atoms with van der Waals surface area (Å²) in [6.45, 7) is 9.23. The molecule has 0 aromatic heterocycles. The maximum absolute atomic E-state index is 5.57. The van der Waals surface area contributed by atoms with E-state index < -0.39 is 0 Å². The average Bonchev–Trinajstić information content (AvgIpc) is 2.48. The highest BCUT2D eigenvalue weighted by Crippen LogP contribution is 2.34. The van der Waals surface area contributed by atoms with E-state index in [-0.39, 0.29) is 5.41 Å². The van der Waals surface area contributed by atoms with Gasteiger partial charge in [-0.15, -0.1) is 0 Å². The molecule has 0 aromatic rings. The zero-order chi connectivity index (χ0) is 9.47. The highest BCUT2D eigenvalue weighted by molar-refractivity contribution is 6.04. The Labute approximate surface area is 79.7 Å². The van der Waals surface area contributed by atoms with Gasteiger partial charge in [-0.2, -0.15) is 0 Å². The minimum Gasteiger partial charge on any atom is -0.376 e. The summed E-state index contributed by atoms with van der Waals surface area (Å²) in [6.07, 6.45) is 2.19. The Hall–Kier alpha value is -0.630. The molecule has 1 fully saturated rings. The van der Waals surface area contributed by atoms with E-state index in [0.717, 1.165) is 19.8 Å². The second-order valence-corrected chi connectivity index (χ2v) is 4.89. The summed E-state index contributed by atoms with van der Waals surface area (Å²) in [7, 11) is 0. The molecule has 72 valence electrons. The monoisotopic (exact) mass is 179 g/mol. The fraction of sp³-hybridized carbons (Fsp3) is 0.727. The molecule has 0 aromatic carbocycles. The van der Waals surface area contributed by atoms with Gasteiger partial charge >= 0.3 is 0 Å². The van der Waals surface area contributed by atoms with Crippen LogP contribution in [0.1, 0.15) is 20.8 Å². The van der Waals surface area contributed by atoms with E-state index in [0.29, 0.717) is 5.92 Å². The van der Waals surface area contributed by atoms with Crippen LogP contribution in [0, 0.1) is 11.3 Å². The molecule has 0 N–H and O–H groups in total. The molecule has 1 atom stereocenters.